The summed E-state index contributed by atoms with van der Waals surface area (Å²) < 4.78 is 35.8. The van der Waals surface area contributed by atoms with Crippen molar-refractivity contribution in [2.24, 2.45) is 0 Å². The molecule has 0 aliphatic carbocycles. The lowest BCUT2D eigenvalue weighted by Crippen LogP contribution is -2.09. The summed E-state index contributed by atoms with van der Waals surface area (Å²) in [7, 11) is -1.75. The molecule has 0 bridgehead atoms. The van der Waals surface area contributed by atoms with Crippen LogP contribution >= 0.6 is 0 Å². The highest BCUT2D eigenvalue weighted by Gasteiger charge is 2.26. The highest BCUT2D eigenvalue weighted by Crippen LogP contribution is 2.43. The van der Waals surface area contributed by atoms with Gasteiger partial charge in [-0.15, -0.1) is 0 Å². The number of methoxy groups -OCH3 is 1. The van der Waals surface area contributed by atoms with E-state index in [4.69, 9.17) is 9.47 Å². The smallest absolute Gasteiger partial charge is 0.229 e. The van der Waals surface area contributed by atoms with E-state index < -0.39 is 16.1 Å². The maximum Gasteiger partial charge on any atom is 0.229 e. The van der Waals surface area contributed by atoms with Gasteiger partial charge >= 0.3 is 0 Å². The van der Waals surface area contributed by atoms with Crippen LogP contribution in [-0.4, -0.2) is 33.5 Å². The molecule has 0 spiro atoms. The third-order valence-electron chi connectivity index (χ3n) is 3.57. The Morgan fingerprint density at radius 2 is 1.96 bits per heavy atom. The second-order valence-corrected chi connectivity index (χ2v) is 7.12. The lowest BCUT2D eigenvalue weighted by Gasteiger charge is -2.12. The Morgan fingerprint density at radius 1 is 1.26 bits per heavy atom. The van der Waals surface area contributed by atoms with Crippen molar-refractivity contribution in [2.45, 2.75) is 6.10 Å². The standard InChI is InChI=1S/C16H17NO5S/c1-21-12-7-13(16-14(8-12)15(18)9-22-16)10-3-5-11(6-4-10)17-23(2,19)20/h3-8,15,17-18H,9H2,1-2H3. The summed E-state index contributed by atoms with van der Waals surface area (Å²) in [4.78, 5) is 0. The lowest BCUT2D eigenvalue weighted by atomic mass is 9.99. The molecule has 7 heteroatoms. The first-order valence-electron chi connectivity index (χ1n) is 6.98. The van der Waals surface area contributed by atoms with Crippen LogP contribution < -0.4 is 14.2 Å². The highest BCUT2D eigenvalue weighted by molar-refractivity contribution is 7.92. The molecule has 0 fully saturated rings. The second-order valence-electron chi connectivity index (χ2n) is 5.37. The van der Waals surface area contributed by atoms with Gasteiger partial charge in [-0.25, -0.2) is 8.42 Å². The highest BCUT2D eigenvalue weighted by atomic mass is 32.2. The zero-order chi connectivity index (χ0) is 16.6. The number of nitrogens with one attached hydrogen (secondary N) is 1. The van der Waals surface area contributed by atoms with Crippen molar-refractivity contribution in [3.8, 4) is 22.6 Å². The fraction of sp³-hybridized carbons (Fsp3) is 0.250. The minimum atomic E-state index is -3.31. The molecule has 23 heavy (non-hydrogen) atoms. The first kappa shape index (κ1) is 15.6. The summed E-state index contributed by atoms with van der Waals surface area (Å²) >= 11 is 0. The van der Waals surface area contributed by atoms with E-state index in [1.54, 1.807) is 37.4 Å². The molecule has 1 atom stereocenters. The number of rotatable bonds is 4. The van der Waals surface area contributed by atoms with Gasteiger partial charge in [-0.2, -0.15) is 0 Å². The van der Waals surface area contributed by atoms with Crippen LogP contribution in [0.15, 0.2) is 36.4 Å². The number of ether oxygens (including phenoxy) is 2. The number of benzene rings is 2. The van der Waals surface area contributed by atoms with Gasteiger partial charge < -0.3 is 14.6 Å². The number of aliphatic hydroxyl groups is 1. The Labute approximate surface area is 134 Å². The zero-order valence-electron chi connectivity index (χ0n) is 12.7. The molecule has 0 saturated heterocycles. The maximum atomic E-state index is 11.3. The van der Waals surface area contributed by atoms with E-state index in [0.717, 1.165) is 17.4 Å². The van der Waals surface area contributed by atoms with Gasteiger partial charge in [0, 0.05) is 16.8 Å². The fourth-order valence-corrected chi connectivity index (χ4v) is 3.11. The van der Waals surface area contributed by atoms with E-state index >= 15 is 0 Å². The molecule has 2 aromatic rings. The molecule has 0 amide bonds. The van der Waals surface area contributed by atoms with Gasteiger partial charge in [-0.3, -0.25) is 4.72 Å². The first-order valence-corrected chi connectivity index (χ1v) is 8.87. The second kappa shape index (κ2) is 5.75. The SMILES string of the molecule is COc1cc(-c2ccc(NS(C)(=O)=O)cc2)c2c(c1)C(O)CO2. The summed E-state index contributed by atoms with van der Waals surface area (Å²) in [6, 6.07) is 10.5. The van der Waals surface area contributed by atoms with E-state index in [0.29, 0.717) is 22.7 Å². The van der Waals surface area contributed by atoms with Crippen LogP contribution in [0.1, 0.15) is 11.7 Å². The number of anilines is 1. The van der Waals surface area contributed by atoms with E-state index in [1.165, 1.54) is 0 Å². The molecule has 0 aromatic heterocycles. The van der Waals surface area contributed by atoms with E-state index in [9.17, 15) is 13.5 Å². The average Bonchev–Trinajstić information content (AvgIpc) is 2.87. The number of hydrogen-bond donors (Lipinski definition) is 2. The summed E-state index contributed by atoms with van der Waals surface area (Å²) in [6.07, 6.45) is 0.426. The molecule has 0 radical (unpaired) electrons. The Kier molecular flexibility index (Phi) is 3.91. The van der Waals surface area contributed by atoms with Gasteiger partial charge in [0.1, 0.15) is 24.2 Å². The van der Waals surface area contributed by atoms with Crippen molar-refractivity contribution in [2.75, 3.05) is 24.7 Å². The van der Waals surface area contributed by atoms with Gasteiger partial charge in [0.2, 0.25) is 10.0 Å². The molecule has 3 rings (SSSR count). The summed E-state index contributed by atoms with van der Waals surface area (Å²) in [5.74, 6) is 1.25. The molecular weight excluding hydrogens is 318 g/mol. The largest absolute Gasteiger partial charge is 0.497 e. The van der Waals surface area contributed by atoms with Crippen molar-refractivity contribution < 1.29 is 23.0 Å². The predicted octanol–water partition coefficient (Wildman–Crippen LogP) is 2.16. The Hall–Kier alpha value is -2.25. The van der Waals surface area contributed by atoms with Gasteiger partial charge in [-0.05, 0) is 29.8 Å². The number of fused-ring (bicyclic) bond motifs is 1. The Bertz CT molecular complexity index is 830. The quantitative estimate of drug-likeness (QED) is 0.894. The third-order valence-corrected chi connectivity index (χ3v) is 4.18. The molecule has 1 aliphatic rings. The molecule has 0 saturated carbocycles. The fourth-order valence-electron chi connectivity index (χ4n) is 2.55. The molecule has 6 nitrogen and oxygen atoms in total. The van der Waals surface area contributed by atoms with Crippen LogP contribution in [0, 0.1) is 0 Å². The minimum absolute atomic E-state index is 0.212. The molecule has 2 aromatic carbocycles. The summed E-state index contributed by atoms with van der Waals surface area (Å²) in [5.41, 5.74) is 2.81. The van der Waals surface area contributed by atoms with Crippen molar-refractivity contribution >= 4 is 15.7 Å². The monoisotopic (exact) mass is 335 g/mol. The molecule has 122 valence electrons. The minimum Gasteiger partial charge on any atom is -0.497 e. The molecule has 1 unspecified atom stereocenters. The van der Waals surface area contributed by atoms with Crippen molar-refractivity contribution in [1.82, 2.24) is 0 Å². The van der Waals surface area contributed by atoms with Crippen LogP contribution in [0.5, 0.6) is 11.5 Å². The molecule has 1 aliphatic heterocycles. The Balaban J connectivity index is 2.02. The van der Waals surface area contributed by atoms with Gasteiger partial charge in [0.25, 0.3) is 0 Å². The van der Waals surface area contributed by atoms with Crippen LogP contribution in [0.25, 0.3) is 11.1 Å². The van der Waals surface area contributed by atoms with Crippen molar-refractivity contribution in [3.05, 3.63) is 42.0 Å². The van der Waals surface area contributed by atoms with Gasteiger partial charge in [-0.1, -0.05) is 12.1 Å². The van der Waals surface area contributed by atoms with Gasteiger partial charge in [0.05, 0.1) is 13.4 Å². The van der Waals surface area contributed by atoms with Crippen LogP contribution in [0.4, 0.5) is 5.69 Å². The first-order chi connectivity index (χ1) is 10.9. The van der Waals surface area contributed by atoms with E-state index in [-0.39, 0.29) is 6.61 Å². The number of hydrogen-bond acceptors (Lipinski definition) is 5. The third kappa shape index (κ3) is 3.25. The summed E-state index contributed by atoms with van der Waals surface area (Å²) in [5, 5.41) is 9.99. The van der Waals surface area contributed by atoms with Crippen LogP contribution in [0.3, 0.4) is 0 Å². The zero-order valence-corrected chi connectivity index (χ0v) is 13.6. The molecule has 1 heterocycles. The normalized spacial score (nSPS) is 16.6. The summed E-state index contributed by atoms with van der Waals surface area (Å²) in [6.45, 7) is 0.212. The van der Waals surface area contributed by atoms with Crippen LogP contribution in [-0.2, 0) is 10.0 Å². The van der Waals surface area contributed by atoms with Gasteiger partial charge in [0.15, 0.2) is 0 Å². The van der Waals surface area contributed by atoms with E-state index in [1.807, 2.05) is 6.07 Å². The molecule has 2 N–H and O–H groups in total. The average molecular weight is 335 g/mol. The maximum absolute atomic E-state index is 11.3. The van der Waals surface area contributed by atoms with E-state index in [2.05, 4.69) is 4.72 Å². The van der Waals surface area contributed by atoms with Crippen molar-refractivity contribution in [1.29, 1.82) is 0 Å². The molecular formula is C16H17NO5S. The van der Waals surface area contributed by atoms with Crippen molar-refractivity contribution in [3.63, 3.8) is 0 Å². The Morgan fingerprint density at radius 3 is 2.57 bits per heavy atom. The number of aliphatic hydroxyl groups excluding tert-OH is 1. The predicted molar refractivity (Wildman–Crippen MR) is 87.4 cm³/mol. The lowest BCUT2D eigenvalue weighted by molar-refractivity contribution is 0.140. The number of sulfonamides is 1. The van der Waals surface area contributed by atoms with Crippen LogP contribution in [0.2, 0.25) is 0 Å². The topological polar surface area (TPSA) is 84.9 Å².